The molecule has 0 bridgehead atoms. The maximum Gasteiger partial charge on any atom is 0.357 e. The Kier molecular flexibility index (Phi) is 3.09. The second-order valence-electron chi connectivity index (χ2n) is 3.95. The monoisotopic (exact) mass is 226 g/mol. The first-order chi connectivity index (χ1) is 7.66. The summed E-state index contributed by atoms with van der Waals surface area (Å²) < 4.78 is 4.96. The van der Waals surface area contributed by atoms with Crippen molar-refractivity contribution in [2.75, 3.05) is 5.32 Å². The molecule has 2 rings (SSSR count). The standard InChI is InChI=1S/C10H14N2O4/c13-8-4-2-1-3-6(8)11-10-12-7(5-16-10)9(14)15/h5-6,8,13H,1-4H2,(H,11,12)(H,14,15). The van der Waals surface area contributed by atoms with Gasteiger partial charge in [0.15, 0.2) is 5.69 Å². The maximum absolute atomic E-state index is 10.6. The lowest BCUT2D eigenvalue weighted by molar-refractivity contribution is 0.0690. The van der Waals surface area contributed by atoms with Gasteiger partial charge < -0.3 is 19.9 Å². The van der Waals surface area contributed by atoms with Crippen LogP contribution in [-0.4, -0.2) is 33.3 Å². The number of hydrogen-bond acceptors (Lipinski definition) is 5. The van der Waals surface area contributed by atoms with Gasteiger partial charge in [-0.1, -0.05) is 12.8 Å². The van der Waals surface area contributed by atoms with Gasteiger partial charge in [-0.3, -0.25) is 0 Å². The molecule has 3 N–H and O–H groups in total. The predicted octanol–water partition coefficient (Wildman–Crippen LogP) is 1.09. The van der Waals surface area contributed by atoms with Crippen LogP contribution in [0.4, 0.5) is 6.01 Å². The molecule has 88 valence electrons. The highest BCUT2D eigenvalue weighted by Gasteiger charge is 2.24. The van der Waals surface area contributed by atoms with E-state index in [1.54, 1.807) is 0 Å². The Labute approximate surface area is 92.3 Å². The van der Waals surface area contributed by atoms with Gasteiger partial charge in [-0.15, -0.1) is 0 Å². The second-order valence-corrected chi connectivity index (χ2v) is 3.95. The molecule has 0 saturated heterocycles. The third-order valence-electron chi connectivity index (χ3n) is 2.76. The first-order valence-corrected chi connectivity index (χ1v) is 5.30. The Morgan fingerprint density at radius 1 is 1.50 bits per heavy atom. The summed E-state index contributed by atoms with van der Waals surface area (Å²) in [6, 6.07) is 0.0531. The number of aromatic nitrogens is 1. The van der Waals surface area contributed by atoms with E-state index in [4.69, 9.17) is 9.52 Å². The molecular weight excluding hydrogens is 212 g/mol. The molecule has 0 aromatic carbocycles. The fraction of sp³-hybridized carbons (Fsp3) is 0.600. The summed E-state index contributed by atoms with van der Waals surface area (Å²) in [5, 5.41) is 21.3. The van der Waals surface area contributed by atoms with E-state index < -0.39 is 12.1 Å². The zero-order valence-corrected chi connectivity index (χ0v) is 8.72. The van der Waals surface area contributed by atoms with Gasteiger partial charge in [0, 0.05) is 0 Å². The fourth-order valence-corrected chi connectivity index (χ4v) is 1.88. The van der Waals surface area contributed by atoms with Crippen LogP contribution < -0.4 is 5.32 Å². The van der Waals surface area contributed by atoms with Gasteiger partial charge in [-0.05, 0) is 12.8 Å². The number of aliphatic hydroxyl groups is 1. The SMILES string of the molecule is O=C(O)c1coc(NC2CCCCC2O)n1. The van der Waals surface area contributed by atoms with Crippen molar-refractivity contribution in [1.29, 1.82) is 0 Å². The van der Waals surface area contributed by atoms with Crippen molar-refractivity contribution in [3.8, 4) is 0 Å². The zero-order chi connectivity index (χ0) is 11.5. The average molecular weight is 226 g/mol. The minimum Gasteiger partial charge on any atom is -0.476 e. The quantitative estimate of drug-likeness (QED) is 0.714. The minimum absolute atomic E-state index is 0.103. The largest absolute Gasteiger partial charge is 0.476 e. The highest BCUT2D eigenvalue weighted by atomic mass is 16.4. The van der Waals surface area contributed by atoms with E-state index in [1.807, 2.05) is 0 Å². The lowest BCUT2D eigenvalue weighted by Crippen LogP contribution is -2.36. The maximum atomic E-state index is 10.6. The lowest BCUT2D eigenvalue weighted by Gasteiger charge is -2.27. The molecule has 2 unspecified atom stereocenters. The molecular formula is C10H14N2O4. The Balaban J connectivity index is 1.99. The first-order valence-electron chi connectivity index (χ1n) is 5.30. The number of carboxylic acid groups (broad SMARTS) is 1. The number of nitrogens with one attached hydrogen (secondary N) is 1. The normalized spacial score (nSPS) is 25.3. The van der Waals surface area contributed by atoms with E-state index in [-0.39, 0.29) is 17.8 Å². The molecule has 1 saturated carbocycles. The number of carbonyl (C=O) groups is 1. The van der Waals surface area contributed by atoms with Crippen LogP contribution in [-0.2, 0) is 0 Å². The molecule has 0 radical (unpaired) electrons. The Morgan fingerprint density at radius 3 is 2.88 bits per heavy atom. The summed E-state index contributed by atoms with van der Waals surface area (Å²) in [6.07, 6.45) is 4.32. The second kappa shape index (κ2) is 4.52. The summed E-state index contributed by atoms with van der Waals surface area (Å²) in [7, 11) is 0. The highest BCUT2D eigenvalue weighted by molar-refractivity contribution is 5.85. The first kappa shape index (κ1) is 10.9. The molecule has 1 fully saturated rings. The molecule has 6 nitrogen and oxygen atoms in total. The molecule has 0 aliphatic heterocycles. The predicted molar refractivity (Wildman–Crippen MR) is 55.3 cm³/mol. The lowest BCUT2D eigenvalue weighted by atomic mass is 9.93. The number of aliphatic hydroxyl groups excluding tert-OH is 1. The van der Waals surface area contributed by atoms with E-state index in [2.05, 4.69) is 10.3 Å². The number of oxazole rings is 1. The van der Waals surface area contributed by atoms with Crippen molar-refractivity contribution >= 4 is 12.0 Å². The van der Waals surface area contributed by atoms with Crippen molar-refractivity contribution in [2.45, 2.75) is 37.8 Å². The number of carboxylic acids is 1. The van der Waals surface area contributed by atoms with Crippen molar-refractivity contribution in [2.24, 2.45) is 0 Å². The molecule has 1 aromatic heterocycles. The Morgan fingerprint density at radius 2 is 2.25 bits per heavy atom. The van der Waals surface area contributed by atoms with Crippen LogP contribution in [0.3, 0.4) is 0 Å². The molecule has 1 aliphatic rings. The summed E-state index contributed by atoms with van der Waals surface area (Å²) in [6.45, 7) is 0. The summed E-state index contributed by atoms with van der Waals surface area (Å²) in [4.78, 5) is 14.3. The van der Waals surface area contributed by atoms with Crippen LogP contribution >= 0.6 is 0 Å². The Bertz CT molecular complexity index is 377. The molecule has 1 heterocycles. The zero-order valence-electron chi connectivity index (χ0n) is 8.72. The van der Waals surface area contributed by atoms with E-state index in [1.165, 1.54) is 0 Å². The van der Waals surface area contributed by atoms with E-state index in [0.29, 0.717) is 0 Å². The number of anilines is 1. The third-order valence-corrected chi connectivity index (χ3v) is 2.76. The molecule has 0 amide bonds. The average Bonchev–Trinajstić information content (AvgIpc) is 2.70. The van der Waals surface area contributed by atoms with E-state index >= 15 is 0 Å². The van der Waals surface area contributed by atoms with E-state index in [9.17, 15) is 9.90 Å². The van der Waals surface area contributed by atoms with Gasteiger partial charge >= 0.3 is 5.97 Å². The van der Waals surface area contributed by atoms with Gasteiger partial charge in [0.2, 0.25) is 0 Å². The number of aromatic carboxylic acids is 1. The topological polar surface area (TPSA) is 95.6 Å². The van der Waals surface area contributed by atoms with Crippen molar-refractivity contribution in [3.63, 3.8) is 0 Å². The molecule has 16 heavy (non-hydrogen) atoms. The summed E-state index contributed by atoms with van der Waals surface area (Å²) >= 11 is 0. The highest BCUT2D eigenvalue weighted by Crippen LogP contribution is 2.21. The van der Waals surface area contributed by atoms with Crippen LogP contribution in [0.5, 0.6) is 0 Å². The van der Waals surface area contributed by atoms with Gasteiger partial charge in [-0.25, -0.2) is 4.79 Å². The van der Waals surface area contributed by atoms with Crippen LogP contribution in [0.2, 0.25) is 0 Å². The van der Waals surface area contributed by atoms with Crippen LogP contribution in [0.1, 0.15) is 36.2 Å². The van der Waals surface area contributed by atoms with Crippen molar-refractivity contribution in [3.05, 3.63) is 12.0 Å². The minimum atomic E-state index is -1.12. The van der Waals surface area contributed by atoms with Gasteiger partial charge in [0.1, 0.15) is 6.26 Å². The molecule has 1 aromatic rings. The number of nitrogens with zero attached hydrogens (tertiary/aromatic N) is 1. The number of rotatable bonds is 3. The molecule has 1 aliphatic carbocycles. The molecule has 0 spiro atoms. The van der Waals surface area contributed by atoms with Crippen molar-refractivity contribution < 1.29 is 19.4 Å². The third kappa shape index (κ3) is 2.33. The van der Waals surface area contributed by atoms with E-state index in [0.717, 1.165) is 31.9 Å². The molecule has 6 heteroatoms. The van der Waals surface area contributed by atoms with Crippen LogP contribution in [0.15, 0.2) is 10.7 Å². The smallest absolute Gasteiger partial charge is 0.357 e. The number of hydrogen-bond donors (Lipinski definition) is 3. The fourth-order valence-electron chi connectivity index (χ4n) is 1.88. The van der Waals surface area contributed by atoms with Crippen LogP contribution in [0.25, 0.3) is 0 Å². The molecule has 2 atom stereocenters. The van der Waals surface area contributed by atoms with Gasteiger partial charge in [0.25, 0.3) is 6.01 Å². The van der Waals surface area contributed by atoms with Gasteiger partial charge in [0.05, 0.1) is 12.1 Å². The summed E-state index contributed by atoms with van der Waals surface area (Å²) in [5.41, 5.74) is -0.132. The summed E-state index contributed by atoms with van der Waals surface area (Å²) in [5.74, 6) is -1.12. The Hall–Kier alpha value is -1.56. The van der Waals surface area contributed by atoms with Crippen molar-refractivity contribution in [1.82, 2.24) is 4.98 Å². The van der Waals surface area contributed by atoms with Gasteiger partial charge in [-0.2, -0.15) is 4.98 Å². The van der Waals surface area contributed by atoms with Crippen LogP contribution in [0, 0.1) is 0 Å².